The predicted molar refractivity (Wildman–Crippen MR) is 55.2 cm³/mol. The lowest BCUT2D eigenvalue weighted by atomic mass is 10.0. The molecule has 13 heavy (non-hydrogen) atoms. The van der Waals surface area contributed by atoms with Crippen LogP contribution in [0.25, 0.3) is 0 Å². The minimum Gasteiger partial charge on any atom is -0.495 e. The lowest BCUT2D eigenvalue weighted by molar-refractivity contribution is 0.405. The smallest absolute Gasteiger partial charge is 0.142 e. The standard InChI is InChI=1S/C10H14ClNO/c1-3-9(12)7-5-4-6-8(11)10(7)13-2/h4-6,9H,3,12H2,1-2H3/t9-/m0/s1. The Kier molecular flexibility index (Phi) is 3.58. The van der Waals surface area contributed by atoms with Crippen molar-refractivity contribution in [1.29, 1.82) is 0 Å². The molecule has 0 aromatic heterocycles. The highest BCUT2D eigenvalue weighted by molar-refractivity contribution is 6.32. The van der Waals surface area contributed by atoms with Crippen LogP contribution in [0, 0.1) is 0 Å². The Morgan fingerprint density at radius 3 is 2.77 bits per heavy atom. The monoisotopic (exact) mass is 199 g/mol. The van der Waals surface area contributed by atoms with Crippen LogP contribution in [-0.4, -0.2) is 7.11 Å². The fourth-order valence-corrected chi connectivity index (χ4v) is 1.51. The minimum absolute atomic E-state index is 0.00588. The third-order valence-electron chi connectivity index (χ3n) is 2.04. The van der Waals surface area contributed by atoms with Crippen LogP contribution in [-0.2, 0) is 0 Å². The zero-order valence-corrected chi connectivity index (χ0v) is 8.64. The van der Waals surface area contributed by atoms with Gasteiger partial charge in [-0.3, -0.25) is 0 Å². The van der Waals surface area contributed by atoms with E-state index < -0.39 is 0 Å². The predicted octanol–water partition coefficient (Wildman–Crippen LogP) is 2.76. The number of benzene rings is 1. The molecule has 0 amide bonds. The lowest BCUT2D eigenvalue weighted by Gasteiger charge is -2.14. The van der Waals surface area contributed by atoms with Crippen LogP contribution in [0.2, 0.25) is 5.02 Å². The van der Waals surface area contributed by atoms with Gasteiger partial charge in [0.1, 0.15) is 5.75 Å². The molecular formula is C10H14ClNO. The van der Waals surface area contributed by atoms with Gasteiger partial charge in [0.2, 0.25) is 0 Å². The van der Waals surface area contributed by atoms with Crippen molar-refractivity contribution in [3.05, 3.63) is 28.8 Å². The Hall–Kier alpha value is -0.730. The fraction of sp³-hybridized carbons (Fsp3) is 0.400. The van der Waals surface area contributed by atoms with Crippen LogP contribution < -0.4 is 10.5 Å². The molecular weight excluding hydrogens is 186 g/mol. The Morgan fingerprint density at radius 2 is 2.23 bits per heavy atom. The van der Waals surface area contributed by atoms with Gasteiger partial charge < -0.3 is 10.5 Å². The van der Waals surface area contributed by atoms with Gasteiger partial charge in [-0.2, -0.15) is 0 Å². The topological polar surface area (TPSA) is 35.2 Å². The Bertz CT molecular complexity index is 288. The van der Waals surface area contributed by atoms with E-state index in [9.17, 15) is 0 Å². The number of hydrogen-bond donors (Lipinski definition) is 1. The van der Waals surface area contributed by atoms with Gasteiger partial charge in [-0.05, 0) is 12.5 Å². The van der Waals surface area contributed by atoms with E-state index in [1.54, 1.807) is 13.2 Å². The van der Waals surface area contributed by atoms with E-state index in [2.05, 4.69) is 0 Å². The molecule has 72 valence electrons. The van der Waals surface area contributed by atoms with Crippen molar-refractivity contribution < 1.29 is 4.74 Å². The van der Waals surface area contributed by atoms with Crippen LogP contribution >= 0.6 is 11.6 Å². The second-order valence-corrected chi connectivity index (χ2v) is 3.28. The minimum atomic E-state index is -0.00588. The number of hydrogen-bond acceptors (Lipinski definition) is 2. The van der Waals surface area contributed by atoms with E-state index in [-0.39, 0.29) is 6.04 Å². The maximum atomic E-state index is 5.95. The van der Waals surface area contributed by atoms with E-state index in [4.69, 9.17) is 22.1 Å². The highest BCUT2D eigenvalue weighted by Gasteiger charge is 2.12. The molecule has 0 aliphatic heterocycles. The maximum Gasteiger partial charge on any atom is 0.142 e. The van der Waals surface area contributed by atoms with Gasteiger partial charge >= 0.3 is 0 Å². The summed E-state index contributed by atoms with van der Waals surface area (Å²) < 4.78 is 5.19. The van der Waals surface area contributed by atoms with Crippen molar-refractivity contribution in [3.63, 3.8) is 0 Å². The summed E-state index contributed by atoms with van der Waals surface area (Å²) >= 11 is 5.95. The van der Waals surface area contributed by atoms with E-state index >= 15 is 0 Å². The van der Waals surface area contributed by atoms with Gasteiger partial charge in [0.15, 0.2) is 0 Å². The van der Waals surface area contributed by atoms with Gasteiger partial charge in [-0.1, -0.05) is 30.7 Å². The molecule has 0 saturated heterocycles. The van der Waals surface area contributed by atoms with Crippen molar-refractivity contribution in [1.82, 2.24) is 0 Å². The van der Waals surface area contributed by atoms with Crippen LogP contribution in [0.3, 0.4) is 0 Å². The first-order valence-electron chi connectivity index (χ1n) is 4.28. The zero-order valence-electron chi connectivity index (χ0n) is 7.88. The number of methoxy groups -OCH3 is 1. The molecule has 0 aliphatic carbocycles. The molecule has 2 nitrogen and oxygen atoms in total. The SMILES string of the molecule is CC[C@H](N)c1cccc(Cl)c1OC. The van der Waals surface area contributed by atoms with Crippen molar-refractivity contribution in [2.45, 2.75) is 19.4 Å². The van der Waals surface area contributed by atoms with Gasteiger partial charge in [-0.15, -0.1) is 0 Å². The Labute approximate surface area is 83.6 Å². The van der Waals surface area contributed by atoms with E-state index in [0.29, 0.717) is 10.8 Å². The Balaban J connectivity index is 3.12. The van der Waals surface area contributed by atoms with E-state index in [1.807, 2.05) is 19.1 Å². The first-order valence-corrected chi connectivity index (χ1v) is 4.66. The molecule has 0 unspecified atom stereocenters. The largest absolute Gasteiger partial charge is 0.495 e. The van der Waals surface area contributed by atoms with Crippen LogP contribution in [0.15, 0.2) is 18.2 Å². The molecule has 0 bridgehead atoms. The highest BCUT2D eigenvalue weighted by atomic mass is 35.5. The summed E-state index contributed by atoms with van der Waals surface area (Å²) in [5.74, 6) is 0.693. The quantitative estimate of drug-likeness (QED) is 0.813. The molecule has 3 heteroatoms. The molecule has 0 fully saturated rings. The molecule has 1 rings (SSSR count). The maximum absolute atomic E-state index is 5.95. The molecule has 0 radical (unpaired) electrons. The second-order valence-electron chi connectivity index (χ2n) is 2.88. The summed E-state index contributed by atoms with van der Waals surface area (Å²) in [7, 11) is 1.60. The normalized spacial score (nSPS) is 12.6. The van der Waals surface area contributed by atoms with Gasteiger partial charge in [-0.25, -0.2) is 0 Å². The summed E-state index contributed by atoms with van der Waals surface area (Å²) in [6, 6.07) is 5.62. The van der Waals surface area contributed by atoms with E-state index in [0.717, 1.165) is 12.0 Å². The van der Waals surface area contributed by atoms with Gasteiger partial charge in [0.05, 0.1) is 12.1 Å². The van der Waals surface area contributed by atoms with E-state index in [1.165, 1.54) is 0 Å². The van der Waals surface area contributed by atoms with Gasteiger partial charge in [0, 0.05) is 11.6 Å². The first kappa shape index (κ1) is 10.4. The number of rotatable bonds is 3. The average molecular weight is 200 g/mol. The zero-order chi connectivity index (χ0) is 9.84. The van der Waals surface area contributed by atoms with Crippen LogP contribution in [0.1, 0.15) is 24.9 Å². The summed E-state index contributed by atoms with van der Waals surface area (Å²) in [6.45, 7) is 2.03. The molecule has 1 atom stereocenters. The fourth-order valence-electron chi connectivity index (χ4n) is 1.25. The molecule has 1 aromatic carbocycles. The van der Waals surface area contributed by atoms with Crippen molar-refractivity contribution >= 4 is 11.6 Å². The molecule has 0 heterocycles. The lowest BCUT2D eigenvalue weighted by Crippen LogP contribution is -2.10. The number of para-hydroxylation sites is 1. The van der Waals surface area contributed by atoms with Crippen LogP contribution in [0.5, 0.6) is 5.75 Å². The molecule has 0 aliphatic rings. The third kappa shape index (κ3) is 2.14. The third-order valence-corrected chi connectivity index (χ3v) is 2.34. The van der Waals surface area contributed by atoms with Crippen molar-refractivity contribution in [2.75, 3.05) is 7.11 Å². The molecule has 2 N–H and O–H groups in total. The average Bonchev–Trinajstić information content (AvgIpc) is 2.16. The van der Waals surface area contributed by atoms with Gasteiger partial charge in [0.25, 0.3) is 0 Å². The van der Waals surface area contributed by atoms with Crippen LogP contribution in [0.4, 0.5) is 0 Å². The number of ether oxygens (including phenoxy) is 1. The first-order chi connectivity index (χ1) is 6.20. The van der Waals surface area contributed by atoms with Crippen molar-refractivity contribution in [3.8, 4) is 5.75 Å². The Morgan fingerprint density at radius 1 is 1.54 bits per heavy atom. The number of halogens is 1. The second kappa shape index (κ2) is 4.49. The summed E-state index contributed by atoms with van der Waals surface area (Å²) in [4.78, 5) is 0. The summed E-state index contributed by atoms with van der Waals surface area (Å²) in [5.41, 5.74) is 6.87. The molecule has 1 aromatic rings. The summed E-state index contributed by atoms with van der Waals surface area (Å²) in [5, 5.41) is 0.615. The van der Waals surface area contributed by atoms with Crippen molar-refractivity contribution in [2.24, 2.45) is 5.73 Å². The molecule has 0 spiro atoms. The molecule has 0 saturated carbocycles. The highest BCUT2D eigenvalue weighted by Crippen LogP contribution is 2.32. The number of nitrogens with two attached hydrogens (primary N) is 1. The summed E-state index contributed by atoms with van der Waals surface area (Å²) in [6.07, 6.45) is 0.872.